The molecule has 0 spiro atoms. The number of hydrogen-bond acceptors (Lipinski definition) is 10. The second kappa shape index (κ2) is 22.0. The van der Waals surface area contributed by atoms with Crippen LogP contribution in [0.4, 0.5) is 0 Å². The van der Waals surface area contributed by atoms with Crippen LogP contribution in [0.3, 0.4) is 0 Å². The van der Waals surface area contributed by atoms with Crippen molar-refractivity contribution in [3.05, 3.63) is 0 Å². The molecule has 2 N–H and O–H groups in total. The number of aliphatic hydroxyl groups is 2. The lowest BCUT2D eigenvalue weighted by Crippen LogP contribution is -2.24. The van der Waals surface area contributed by atoms with E-state index in [-0.39, 0.29) is 37.7 Å². The Labute approximate surface area is 207 Å². The summed E-state index contributed by atoms with van der Waals surface area (Å²) in [4.78, 5) is 23.1. The molecule has 0 aromatic rings. The zero-order chi connectivity index (χ0) is 24.9. The molecule has 0 aromatic heterocycles. The number of esters is 2. The van der Waals surface area contributed by atoms with Crippen LogP contribution in [0, 0.1) is 5.92 Å². The fourth-order valence-electron chi connectivity index (χ4n) is 2.55. The average molecular weight is 513 g/mol. The second-order valence-electron chi connectivity index (χ2n) is 8.28. The van der Waals surface area contributed by atoms with Gasteiger partial charge in [0.15, 0.2) is 0 Å². The highest BCUT2D eigenvalue weighted by Crippen LogP contribution is 2.23. The van der Waals surface area contributed by atoms with E-state index in [4.69, 9.17) is 18.9 Å². The molecule has 0 rings (SSSR count). The van der Waals surface area contributed by atoms with Crippen molar-refractivity contribution in [3.8, 4) is 0 Å². The molecule has 0 aromatic carbocycles. The third-order valence-electron chi connectivity index (χ3n) is 4.49. The molecule has 0 aliphatic heterocycles. The zero-order valence-electron chi connectivity index (χ0n) is 20.7. The third-order valence-corrected chi connectivity index (χ3v) is 6.89. The minimum atomic E-state index is -0.852. The van der Waals surface area contributed by atoms with E-state index in [9.17, 15) is 19.8 Å². The molecule has 196 valence electrons. The fourth-order valence-corrected chi connectivity index (χ4v) is 4.49. The minimum Gasteiger partial charge on any atom is -0.463 e. The Morgan fingerprint density at radius 2 is 1.36 bits per heavy atom. The molecule has 33 heavy (non-hydrogen) atoms. The molecule has 3 unspecified atom stereocenters. The van der Waals surface area contributed by atoms with Crippen LogP contribution in [-0.4, -0.2) is 85.0 Å². The van der Waals surface area contributed by atoms with Gasteiger partial charge in [-0.15, -0.1) is 0 Å². The summed E-state index contributed by atoms with van der Waals surface area (Å²) in [5, 5.41) is 19.7. The Morgan fingerprint density at radius 1 is 0.818 bits per heavy atom. The summed E-state index contributed by atoms with van der Waals surface area (Å²) >= 11 is 0. The van der Waals surface area contributed by atoms with Crippen molar-refractivity contribution >= 4 is 33.5 Å². The van der Waals surface area contributed by atoms with Crippen LogP contribution in [0.25, 0.3) is 0 Å². The molecule has 0 bridgehead atoms. The van der Waals surface area contributed by atoms with Crippen LogP contribution in [0.2, 0.25) is 0 Å². The van der Waals surface area contributed by atoms with Gasteiger partial charge < -0.3 is 29.2 Å². The van der Waals surface area contributed by atoms with E-state index >= 15 is 0 Å². The SMILES string of the molecule is CCC(C)CC(O)COCCCCOCC(O)COC(=O)CCSSCCC(=O)OC(C)C. The summed E-state index contributed by atoms with van der Waals surface area (Å²) in [6.45, 7) is 9.30. The highest BCUT2D eigenvalue weighted by Gasteiger charge is 2.11. The van der Waals surface area contributed by atoms with E-state index in [1.807, 2.05) is 13.8 Å². The third kappa shape index (κ3) is 23.0. The number of hydrogen-bond donors (Lipinski definition) is 2. The van der Waals surface area contributed by atoms with Gasteiger partial charge in [-0.25, -0.2) is 0 Å². The lowest BCUT2D eigenvalue weighted by Gasteiger charge is -2.15. The molecule has 0 heterocycles. The lowest BCUT2D eigenvalue weighted by molar-refractivity contribution is -0.148. The second-order valence-corrected chi connectivity index (χ2v) is 11.0. The minimum absolute atomic E-state index is 0.0884. The molecule has 10 heteroatoms. The van der Waals surface area contributed by atoms with Crippen LogP contribution in [-0.2, 0) is 28.5 Å². The van der Waals surface area contributed by atoms with Crippen molar-refractivity contribution in [1.29, 1.82) is 0 Å². The van der Waals surface area contributed by atoms with Gasteiger partial charge in [0.2, 0.25) is 0 Å². The maximum atomic E-state index is 11.7. The Hall–Kier alpha value is -0.520. The van der Waals surface area contributed by atoms with E-state index in [1.165, 1.54) is 21.6 Å². The molecule has 0 saturated heterocycles. The quantitative estimate of drug-likeness (QED) is 0.127. The van der Waals surface area contributed by atoms with Crippen LogP contribution in [0.15, 0.2) is 0 Å². The van der Waals surface area contributed by atoms with E-state index in [1.54, 1.807) is 0 Å². The van der Waals surface area contributed by atoms with Crippen molar-refractivity contribution in [2.24, 2.45) is 5.92 Å². The summed E-state index contributed by atoms with van der Waals surface area (Å²) in [5.74, 6) is 1.13. The zero-order valence-corrected chi connectivity index (χ0v) is 22.3. The first-order chi connectivity index (χ1) is 15.7. The van der Waals surface area contributed by atoms with Gasteiger partial charge in [0.05, 0.1) is 38.3 Å². The molecular formula is C23H44O8S2. The number of aliphatic hydroxyl groups excluding tert-OH is 2. The predicted molar refractivity (Wildman–Crippen MR) is 133 cm³/mol. The van der Waals surface area contributed by atoms with Crippen LogP contribution < -0.4 is 0 Å². The van der Waals surface area contributed by atoms with E-state index in [0.717, 1.165) is 25.7 Å². The van der Waals surface area contributed by atoms with Gasteiger partial charge in [0, 0.05) is 24.7 Å². The molecule has 0 aliphatic rings. The van der Waals surface area contributed by atoms with Crippen LogP contribution in [0.1, 0.15) is 66.2 Å². The first-order valence-electron chi connectivity index (χ1n) is 11.9. The standard InChI is InChI=1S/C23H44O8S2/c1-5-19(4)14-20(24)15-28-10-6-7-11-29-16-21(25)17-30-22(26)8-12-32-33-13-9-23(27)31-18(2)3/h18-21,24-25H,5-17H2,1-4H3. The Bertz CT molecular complexity index is 493. The van der Waals surface area contributed by atoms with Crippen molar-refractivity contribution < 1.29 is 38.7 Å². The number of carbonyl (C=O) groups excluding carboxylic acids is 2. The van der Waals surface area contributed by atoms with Crippen molar-refractivity contribution in [2.75, 3.05) is 44.5 Å². The maximum Gasteiger partial charge on any atom is 0.306 e. The molecule has 0 amide bonds. The fraction of sp³-hybridized carbons (Fsp3) is 0.913. The van der Waals surface area contributed by atoms with E-state index in [2.05, 4.69) is 13.8 Å². The largest absolute Gasteiger partial charge is 0.463 e. The summed E-state index contributed by atoms with van der Waals surface area (Å²) in [6, 6.07) is 0. The molecule has 0 radical (unpaired) electrons. The van der Waals surface area contributed by atoms with E-state index in [0.29, 0.717) is 43.7 Å². The lowest BCUT2D eigenvalue weighted by atomic mass is 10.0. The number of rotatable bonds is 22. The molecule has 3 atom stereocenters. The molecule has 0 fully saturated rings. The molecular weight excluding hydrogens is 468 g/mol. The summed E-state index contributed by atoms with van der Waals surface area (Å²) in [6.07, 6.45) is 2.65. The monoisotopic (exact) mass is 512 g/mol. The van der Waals surface area contributed by atoms with Gasteiger partial charge in [-0.1, -0.05) is 41.9 Å². The van der Waals surface area contributed by atoms with Crippen molar-refractivity contribution in [1.82, 2.24) is 0 Å². The van der Waals surface area contributed by atoms with Gasteiger partial charge >= 0.3 is 11.9 Å². The Morgan fingerprint density at radius 3 is 1.91 bits per heavy atom. The van der Waals surface area contributed by atoms with Crippen molar-refractivity contribution in [2.45, 2.75) is 84.5 Å². The highest BCUT2D eigenvalue weighted by molar-refractivity contribution is 8.76. The van der Waals surface area contributed by atoms with Gasteiger partial charge in [0.1, 0.15) is 12.7 Å². The van der Waals surface area contributed by atoms with E-state index < -0.39 is 12.2 Å². The van der Waals surface area contributed by atoms with Crippen molar-refractivity contribution in [3.63, 3.8) is 0 Å². The normalized spacial score (nSPS) is 14.2. The number of unbranched alkanes of at least 4 members (excludes halogenated alkanes) is 1. The number of carbonyl (C=O) groups is 2. The first kappa shape index (κ1) is 32.5. The topological polar surface area (TPSA) is 112 Å². The first-order valence-corrected chi connectivity index (χ1v) is 14.3. The summed E-state index contributed by atoms with van der Waals surface area (Å²) < 4.78 is 21.0. The Kier molecular flexibility index (Phi) is 21.6. The van der Waals surface area contributed by atoms with Crippen LogP contribution >= 0.6 is 21.6 Å². The van der Waals surface area contributed by atoms with Gasteiger partial charge in [-0.3, -0.25) is 9.59 Å². The highest BCUT2D eigenvalue weighted by atomic mass is 33.1. The van der Waals surface area contributed by atoms with Gasteiger partial charge in [-0.2, -0.15) is 0 Å². The van der Waals surface area contributed by atoms with Gasteiger partial charge in [0.25, 0.3) is 0 Å². The van der Waals surface area contributed by atoms with Gasteiger partial charge in [-0.05, 0) is 39.0 Å². The number of ether oxygens (including phenoxy) is 4. The average Bonchev–Trinajstić information content (AvgIpc) is 2.75. The predicted octanol–water partition coefficient (Wildman–Crippen LogP) is 3.61. The molecule has 0 saturated carbocycles. The summed E-state index contributed by atoms with van der Waals surface area (Å²) in [5.41, 5.74) is 0. The summed E-state index contributed by atoms with van der Waals surface area (Å²) in [7, 11) is 3.02. The molecule has 0 aliphatic carbocycles. The van der Waals surface area contributed by atoms with Crippen LogP contribution in [0.5, 0.6) is 0 Å². The smallest absolute Gasteiger partial charge is 0.306 e. The molecule has 8 nitrogen and oxygen atoms in total. The Balaban J connectivity index is 3.48. The maximum absolute atomic E-state index is 11.7.